The molecule has 4 N–H and O–H groups in total. The molecule has 2 aromatic rings. The molecule has 1 heterocycles. The van der Waals surface area contributed by atoms with Gasteiger partial charge in [-0.15, -0.1) is 0 Å². The standard InChI is InChI=1S/C11H13N5O3/c1-6(12)4-10(17)13-11-8-5-7(16(18)19)2-3-9(8)14-15-11/h2-3,5-6H,4,12H2,1H3,(H2,13,14,15,17). The predicted octanol–water partition coefficient (Wildman–Crippen LogP) is 1.15. The molecular formula is C11H13N5O3. The number of nitro groups is 1. The number of carbonyl (C=O) groups is 1. The Morgan fingerprint density at radius 1 is 1.63 bits per heavy atom. The summed E-state index contributed by atoms with van der Waals surface area (Å²) in [5, 5.41) is 20.4. The summed E-state index contributed by atoms with van der Waals surface area (Å²) < 4.78 is 0. The monoisotopic (exact) mass is 263 g/mol. The Bertz CT molecular complexity index is 634. The lowest BCUT2D eigenvalue weighted by Crippen LogP contribution is -2.24. The second-order valence-electron chi connectivity index (χ2n) is 4.29. The summed E-state index contributed by atoms with van der Waals surface area (Å²) in [5.74, 6) is -0.0146. The van der Waals surface area contributed by atoms with Crippen molar-refractivity contribution in [1.82, 2.24) is 10.2 Å². The number of nitro benzene ring substituents is 1. The Hall–Kier alpha value is -2.48. The first kappa shape index (κ1) is 13.0. The zero-order chi connectivity index (χ0) is 14.0. The summed E-state index contributed by atoms with van der Waals surface area (Å²) >= 11 is 0. The first-order chi connectivity index (χ1) is 8.97. The van der Waals surface area contributed by atoms with Gasteiger partial charge in [0, 0.05) is 24.6 Å². The zero-order valence-corrected chi connectivity index (χ0v) is 10.2. The molecular weight excluding hydrogens is 250 g/mol. The molecule has 1 unspecified atom stereocenters. The van der Waals surface area contributed by atoms with E-state index in [2.05, 4.69) is 15.5 Å². The molecule has 0 aliphatic carbocycles. The quantitative estimate of drug-likeness (QED) is 0.563. The molecule has 0 spiro atoms. The molecule has 0 saturated carbocycles. The number of anilines is 1. The number of aromatic amines is 1. The summed E-state index contributed by atoms with van der Waals surface area (Å²) in [6, 6.07) is 4.01. The van der Waals surface area contributed by atoms with Crippen molar-refractivity contribution in [2.24, 2.45) is 5.73 Å². The van der Waals surface area contributed by atoms with Crippen molar-refractivity contribution in [3.05, 3.63) is 28.3 Å². The van der Waals surface area contributed by atoms with Crippen LogP contribution in [-0.4, -0.2) is 27.1 Å². The van der Waals surface area contributed by atoms with Crippen LogP contribution in [0.5, 0.6) is 0 Å². The van der Waals surface area contributed by atoms with E-state index >= 15 is 0 Å². The van der Waals surface area contributed by atoms with Gasteiger partial charge in [0.25, 0.3) is 5.69 Å². The topological polar surface area (TPSA) is 127 Å². The Morgan fingerprint density at radius 3 is 3.00 bits per heavy atom. The summed E-state index contributed by atoms with van der Waals surface area (Å²) in [4.78, 5) is 21.8. The van der Waals surface area contributed by atoms with Crippen molar-refractivity contribution in [1.29, 1.82) is 0 Å². The minimum Gasteiger partial charge on any atom is -0.327 e. The highest BCUT2D eigenvalue weighted by Gasteiger charge is 2.14. The third kappa shape index (κ3) is 2.86. The van der Waals surface area contributed by atoms with E-state index in [0.29, 0.717) is 10.9 Å². The lowest BCUT2D eigenvalue weighted by atomic mass is 10.2. The maximum absolute atomic E-state index is 11.6. The Kier molecular flexibility index (Phi) is 3.43. The van der Waals surface area contributed by atoms with Crippen LogP contribution in [0.1, 0.15) is 13.3 Å². The number of benzene rings is 1. The fourth-order valence-corrected chi connectivity index (χ4v) is 1.69. The number of aromatic nitrogens is 2. The largest absolute Gasteiger partial charge is 0.327 e. The first-order valence-corrected chi connectivity index (χ1v) is 5.65. The smallest absolute Gasteiger partial charge is 0.270 e. The molecule has 8 heteroatoms. The van der Waals surface area contributed by atoms with Crippen molar-refractivity contribution in [3.63, 3.8) is 0 Å². The van der Waals surface area contributed by atoms with E-state index in [0.717, 1.165) is 0 Å². The van der Waals surface area contributed by atoms with E-state index in [9.17, 15) is 14.9 Å². The van der Waals surface area contributed by atoms with Gasteiger partial charge in [-0.2, -0.15) is 5.10 Å². The Morgan fingerprint density at radius 2 is 2.37 bits per heavy atom. The highest BCUT2D eigenvalue weighted by Crippen LogP contribution is 2.25. The summed E-state index contributed by atoms with van der Waals surface area (Å²) in [7, 11) is 0. The van der Waals surface area contributed by atoms with Gasteiger partial charge in [0.05, 0.1) is 15.8 Å². The minimum atomic E-state index is -0.500. The van der Waals surface area contributed by atoms with Crippen molar-refractivity contribution in [2.75, 3.05) is 5.32 Å². The number of amides is 1. The van der Waals surface area contributed by atoms with Crippen molar-refractivity contribution in [3.8, 4) is 0 Å². The van der Waals surface area contributed by atoms with Gasteiger partial charge in [-0.25, -0.2) is 0 Å². The van der Waals surface area contributed by atoms with E-state index in [-0.39, 0.29) is 29.9 Å². The lowest BCUT2D eigenvalue weighted by molar-refractivity contribution is -0.384. The van der Waals surface area contributed by atoms with Gasteiger partial charge >= 0.3 is 0 Å². The molecule has 1 aromatic heterocycles. The molecule has 0 fully saturated rings. The van der Waals surface area contributed by atoms with Crippen LogP contribution >= 0.6 is 0 Å². The highest BCUT2D eigenvalue weighted by molar-refractivity contribution is 6.00. The van der Waals surface area contributed by atoms with Crippen LogP contribution in [0.2, 0.25) is 0 Å². The number of H-pyrrole nitrogens is 1. The van der Waals surface area contributed by atoms with E-state index in [1.807, 2.05) is 0 Å². The van der Waals surface area contributed by atoms with Crippen molar-refractivity contribution in [2.45, 2.75) is 19.4 Å². The van der Waals surface area contributed by atoms with Crippen LogP contribution in [0.3, 0.4) is 0 Å². The van der Waals surface area contributed by atoms with Gasteiger partial charge in [-0.1, -0.05) is 0 Å². The molecule has 1 amide bonds. The number of rotatable bonds is 4. The van der Waals surface area contributed by atoms with Crippen LogP contribution in [0.4, 0.5) is 11.5 Å². The number of nitrogens with zero attached hydrogens (tertiary/aromatic N) is 2. The maximum atomic E-state index is 11.6. The summed E-state index contributed by atoms with van der Waals surface area (Å²) in [6.45, 7) is 1.72. The molecule has 0 aliphatic heterocycles. The van der Waals surface area contributed by atoms with Crippen LogP contribution in [0, 0.1) is 10.1 Å². The molecule has 0 saturated heterocycles. The van der Waals surface area contributed by atoms with Gasteiger partial charge in [-0.3, -0.25) is 20.0 Å². The number of hydrogen-bond acceptors (Lipinski definition) is 5. The molecule has 1 aromatic carbocycles. The number of non-ortho nitro benzene ring substituents is 1. The van der Waals surface area contributed by atoms with Gasteiger partial charge in [0.2, 0.25) is 5.91 Å². The fraction of sp³-hybridized carbons (Fsp3) is 0.273. The maximum Gasteiger partial charge on any atom is 0.270 e. The molecule has 1 atom stereocenters. The predicted molar refractivity (Wildman–Crippen MR) is 69.6 cm³/mol. The summed E-state index contributed by atoms with van der Waals surface area (Å²) in [6.07, 6.45) is 0.156. The van der Waals surface area contributed by atoms with Crippen LogP contribution in [0.15, 0.2) is 18.2 Å². The molecule has 0 aliphatic rings. The summed E-state index contributed by atoms with van der Waals surface area (Å²) in [5.41, 5.74) is 6.07. The molecule has 2 rings (SSSR count). The van der Waals surface area contributed by atoms with Crippen LogP contribution in [0.25, 0.3) is 10.9 Å². The fourth-order valence-electron chi connectivity index (χ4n) is 1.69. The number of nitrogens with two attached hydrogens (primary N) is 1. The van der Waals surface area contributed by atoms with Crippen molar-refractivity contribution >= 4 is 28.3 Å². The Labute approximate surface area is 108 Å². The first-order valence-electron chi connectivity index (χ1n) is 5.65. The average molecular weight is 263 g/mol. The van der Waals surface area contributed by atoms with Crippen LogP contribution in [-0.2, 0) is 4.79 Å². The number of nitrogens with one attached hydrogen (secondary N) is 2. The lowest BCUT2D eigenvalue weighted by Gasteiger charge is -2.04. The van der Waals surface area contributed by atoms with Gasteiger partial charge in [-0.05, 0) is 13.0 Å². The second-order valence-corrected chi connectivity index (χ2v) is 4.29. The third-order valence-electron chi connectivity index (χ3n) is 2.52. The number of hydrogen-bond donors (Lipinski definition) is 3. The highest BCUT2D eigenvalue weighted by atomic mass is 16.6. The minimum absolute atomic E-state index is 0.0587. The molecule has 100 valence electrons. The van der Waals surface area contributed by atoms with E-state index < -0.39 is 4.92 Å². The zero-order valence-electron chi connectivity index (χ0n) is 10.2. The molecule has 0 bridgehead atoms. The van der Waals surface area contributed by atoms with Crippen LogP contribution < -0.4 is 11.1 Å². The molecule has 0 radical (unpaired) electrons. The second kappa shape index (κ2) is 5.02. The number of fused-ring (bicyclic) bond motifs is 1. The van der Waals surface area contributed by atoms with Gasteiger partial charge in [0.1, 0.15) is 0 Å². The van der Waals surface area contributed by atoms with Gasteiger partial charge < -0.3 is 11.1 Å². The van der Waals surface area contributed by atoms with Gasteiger partial charge in [0.15, 0.2) is 5.82 Å². The molecule has 8 nitrogen and oxygen atoms in total. The average Bonchev–Trinajstić information content (AvgIpc) is 2.70. The van der Waals surface area contributed by atoms with E-state index in [1.165, 1.54) is 12.1 Å². The van der Waals surface area contributed by atoms with E-state index in [1.54, 1.807) is 13.0 Å². The van der Waals surface area contributed by atoms with E-state index in [4.69, 9.17) is 5.73 Å². The SMILES string of the molecule is CC(N)CC(=O)Nc1n[nH]c2ccc([N+](=O)[O-])cc12. The number of carbonyl (C=O) groups excluding carboxylic acids is 1. The molecule has 19 heavy (non-hydrogen) atoms. The third-order valence-corrected chi connectivity index (χ3v) is 2.52. The Balaban J connectivity index is 2.30. The van der Waals surface area contributed by atoms with Crippen molar-refractivity contribution < 1.29 is 9.72 Å². The normalized spacial score (nSPS) is 12.3.